The van der Waals surface area contributed by atoms with Gasteiger partial charge < -0.3 is 4.90 Å². The second-order valence-corrected chi connectivity index (χ2v) is 7.61. The zero-order valence-corrected chi connectivity index (χ0v) is 16.3. The van der Waals surface area contributed by atoms with E-state index in [0.717, 1.165) is 48.4 Å². The molecule has 0 spiro atoms. The van der Waals surface area contributed by atoms with Gasteiger partial charge in [0, 0.05) is 47.7 Å². The first-order valence-electron chi connectivity index (χ1n) is 9.58. The van der Waals surface area contributed by atoms with Crippen LogP contribution in [0.15, 0.2) is 67.0 Å². The number of likely N-dealkylation sites (tertiary alicyclic amines) is 1. The molecule has 3 heterocycles. The molecule has 28 heavy (non-hydrogen) atoms. The summed E-state index contributed by atoms with van der Waals surface area (Å²) in [6.07, 6.45) is 5.92. The third-order valence-corrected chi connectivity index (χ3v) is 5.42. The van der Waals surface area contributed by atoms with Gasteiger partial charge in [-0.1, -0.05) is 29.8 Å². The number of benzene rings is 1. The van der Waals surface area contributed by atoms with E-state index in [1.807, 2.05) is 53.4 Å². The fourth-order valence-electron chi connectivity index (χ4n) is 3.72. The lowest BCUT2D eigenvalue weighted by Crippen LogP contribution is -2.40. The number of hydrogen-bond acceptors (Lipinski definition) is 3. The first-order valence-corrected chi connectivity index (χ1v) is 9.96. The topological polar surface area (TPSA) is 46.1 Å². The van der Waals surface area contributed by atoms with E-state index >= 15 is 0 Å². The molecule has 0 saturated carbocycles. The number of halogens is 1. The number of carbonyl (C=O) groups excluding carboxylic acids is 1. The van der Waals surface area contributed by atoms with Gasteiger partial charge in [0.1, 0.15) is 0 Å². The van der Waals surface area contributed by atoms with E-state index < -0.39 is 0 Å². The van der Waals surface area contributed by atoms with Gasteiger partial charge in [-0.2, -0.15) is 0 Å². The maximum Gasteiger partial charge on any atom is 0.227 e. The van der Waals surface area contributed by atoms with Crippen molar-refractivity contribution in [2.75, 3.05) is 13.1 Å². The molecule has 5 heteroatoms. The van der Waals surface area contributed by atoms with Crippen LogP contribution in [0.3, 0.4) is 0 Å². The van der Waals surface area contributed by atoms with Gasteiger partial charge in [-0.05, 0) is 54.8 Å². The van der Waals surface area contributed by atoms with Crippen molar-refractivity contribution in [3.8, 4) is 11.3 Å². The highest BCUT2D eigenvalue weighted by atomic mass is 35.5. The number of amides is 1. The molecule has 142 valence electrons. The third-order valence-electron chi connectivity index (χ3n) is 5.19. The standard InChI is InChI=1S/C23H22ClN3O/c24-20-6-1-4-18(15-20)21-7-2-8-22(26-21)19-5-3-13-27(16-19)23(28)14-17-9-11-25-12-10-17/h1-2,4,6-12,15,19H,3,5,13-14,16H2. The molecule has 1 amide bonds. The van der Waals surface area contributed by atoms with Crippen LogP contribution in [0.4, 0.5) is 0 Å². The second-order valence-electron chi connectivity index (χ2n) is 7.17. The van der Waals surface area contributed by atoms with Gasteiger partial charge in [-0.25, -0.2) is 0 Å². The van der Waals surface area contributed by atoms with Crippen LogP contribution in [0.1, 0.15) is 30.0 Å². The number of pyridine rings is 2. The van der Waals surface area contributed by atoms with Crippen LogP contribution >= 0.6 is 11.6 Å². The van der Waals surface area contributed by atoms with Crippen LogP contribution in [0.5, 0.6) is 0 Å². The van der Waals surface area contributed by atoms with Crippen molar-refractivity contribution in [2.45, 2.75) is 25.2 Å². The minimum Gasteiger partial charge on any atom is -0.342 e. The molecule has 4 rings (SSSR count). The van der Waals surface area contributed by atoms with Gasteiger partial charge in [0.2, 0.25) is 5.91 Å². The Balaban J connectivity index is 1.49. The van der Waals surface area contributed by atoms with Gasteiger partial charge >= 0.3 is 0 Å². The molecular formula is C23H22ClN3O. The van der Waals surface area contributed by atoms with Crippen molar-refractivity contribution in [1.29, 1.82) is 0 Å². The lowest BCUT2D eigenvalue weighted by molar-refractivity contribution is -0.131. The van der Waals surface area contributed by atoms with E-state index in [1.165, 1.54) is 0 Å². The Kier molecular flexibility index (Phi) is 5.68. The predicted molar refractivity (Wildman–Crippen MR) is 111 cm³/mol. The second kappa shape index (κ2) is 8.53. The van der Waals surface area contributed by atoms with Gasteiger partial charge in [0.15, 0.2) is 0 Å². The molecule has 1 unspecified atom stereocenters. The summed E-state index contributed by atoms with van der Waals surface area (Å²) in [6.45, 7) is 1.53. The van der Waals surface area contributed by atoms with Crippen molar-refractivity contribution >= 4 is 17.5 Å². The van der Waals surface area contributed by atoms with Crippen LogP contribution in [-0.2, 0) is 11.2 Å². The van der Waals surface area contributed by atoms with Crippen LogP contribution in [0.2, 0.25) is 5.02 Å². The van der Waals surface area contributed by atoms with E-state index in [-0.39, 0.29) is 11.8 Å². The molecule has 1 fully saturated rings. The Labute approximate surface area is 170 Å². The normalized spacial score (nSPS) is 16.8. The Morgan fingerprint density at radius 2 is 1.93 bits per heavy atom. The molecule has 0 radical (unpaired) electrons. The summed E-state index contributed by atoms with van der Waals surface area (Å²) in [5.74, 6) is 0.427. The van der Waals surface area contributed by atoms with Gasteiger partial charge in [-0.15, -0.1) is 0 Å². The van der Waals surface area contributed by atoms with E-state index in [1.54, 1.807) is 12.4 Å². The van der Waals surface area contributed by atoms with Crippen LogP contribution < -0.4 is 0 Å². The van der Waals surface area contributed by atoms with Crippen molar-refractivity contribution in [3.05, 3.63) is 83.3 Å². The smallest absolute Gasteiger partial charge is 0.227 e. The summed E-state index contributed by atoms with van der Waals surface area (Å²) in [7, 11) is 0. The maximum absolute atomic E-state index is 12.7. The highest BCUT2D eigenvalue weighted by Crippen LogP contribution is 2.28. The summed E-state index contributed by atoms with van der Waals surface area (Å²) in [6, 6.07) is 17.7. The average molecular weight is 392 g/mol. The first-order chi connectivity index (χ1) is 13.7. The molecule has 2 aromatic heterocycles. The van der Waals surface area contributed by atoms with Gasteiger partial charge in [0.25, 0.3) is 0 Å². The molecule has 0 N–H and O–H groups in total. The zero-order valence-electron chi connectivity index (χ0n) is 15.6. The highest BCUT2D eigenvalue weighted by molar-refractivity contribution is 6.30. The molecule has 1 saturated heterocycles. The maximum atomic E-state index is 12.7. The van der Waals surface area contributed by atoms with Gasteiger partial charge in [0.05, 0.1) is 12.1 Å². The number of aromatic nitrogens is 2. The van der Waals surface area contributed by atoms with E-state index in [4.69, 9.17) is 16.6 Å². The van der Waals surface area contributed by atoms with E-state index in [0.29, 0.717) is 11.4 Å². The third kappa shape index (κ3) is 4.39. The van der Waals surface area contributed by atoms with Crippen molar-refractivity contribution in [2.24, 2.45) is 0 Å². The Morgan fingerprint density at radius 1 is 1.11 bits per heavy atom. The fraction of sp³-hybridized carbons (Fsp3) is 0.261. The molecule has 0 aliphatic carbocycles. The molecule has 1 aliphatic heterocycles. The fourth-order valence-corrected chi connectivity index (χ4v) is 3.91. The van der Waals surface area contributed by atoms with Crippen molar-refractivity contribution < 1.29 is 4.79 Å². The van der Waals surface area contributed by atoms with Crippen molar-refractivity contribution in [3.63, 3.8) is 0 Å². The summed E-state index contributed by atoms with van der Waals surface area (Å²) in [5, 5.41) is 0.704. The molecule has 1 aliphatic rings. The minimum atomic E-state index is 0.168. The van der Waals surface area contributed by atoms with Crippen LogP contribution in [-0.4, -0.2) is 33.9 Å². The van der Waals surface area contributed by atoms with Crippen LogP contribution in [0.25, 0.3) is 11.3 Å². The number of hydrogen-bond donors (Lipinski definition) is 0. The average Bonchev–Trinajstić information content (AvgIpc) is 2.75. The largest absolute Gasteiger partial charge is 0.342 e. The lowest BCUT2D eigenvalue weighted by Gasteiger charge is -2.32. The minimum absolute atomic E-state index is 0.168. The Morgan fingerprint density at radius 3 is 2.75 bits per heavy atom. The monoisotopic (exact) mass is 391 g/mol. The summed E-state index contributed by atoms with van der Waals surface area (Å²) in [5.41, 5.74) is 3.97. The van der Waals surface area contributed by atoms with Crippen LogP contribution in [0, 0.1) is 0 Å². The van der Waals surface area contributed by atoms with Crippen molar-refractivity contribution in [1.82, 2.24) is 14.9 Å². The molecule has 3 aromatic rings. The number of rotatable bonds is 4. The molecule has 1 atom stereocenters. The summed E-state index contributed by atoms with van der Waals surface area (Å²) < 4.78 is 0. The number of nitrogens with zero attached hydrogens (tertiary/aromatic N) is 3. The molecule has 0 bridgehead atoms. The first kappa shape index (κ1) is 18.6. The molecule has 1 aromatic carbocycles. The quantitative estimate of drug-likeness (QED) is 0.645. The predicted octanol–water partition coefficient (Wildman–Crippen LogP) is 4.75. The van der Waals surface area contributed by atoms with Gasteiger partial charge in [-0.3, -0.25) is 14.8 Å². The van der Waals surface area contributed by atoms with E-state index in [9.17, 15) is 4.79 Å². The number of carbonyl (C=O) groups is 1. The number of piperidine rings is 1. The molecular weight excluding hydrogens is 370 g/mol. The highest BCUT2D eigenvalue weighted by Gasteiger charge is 2.25. The molecule has 4 nitrogen and oxygen atoms in total. The summed E-state index contributed by atoms with van der Waals surface area (Å²) in [4.78, 5) is 23.6. The summed E-state index contributed by atoms with van der Waals surface area (Å²) >= 11 is 6.13. The Hall–Kier alpha value is -2.72. The lowest BCUT2D eigenvalue weighted by atomic mass is 9.93. The Bertz CT molecular complexity index is 961. The van der Waals surface area contributed by atoms with E-state index in [2.05, 4.69) is 11.1 Å². The SMILES string of the molecule is O=C(Cc1ccncc1)N1CCCC(c2cccc(-c3cccc(Cl)c3)n2)C1. The zero-order chi connectivity index (χ0) is 19.3.